The van der Waals surface area contributed by atoms with E-state index in [2.05, 4.69) is 50.0 Å². The van der Waals surface area contributed by atoms with E-state index in [-0.39, 0.29) is 6.04 Å². The molecule has 0 saturated carbocycles. The van der Waals surface area contributed by atoms with Crippen molar-refractivity contribution in [1.29, 1.82) is 0 Å². The van der Waals surface area contributed by atoms with Gasteiger partial charge in [0.25, 0.3) is 0 Å². The number of hydrogen-bond donors (Lipinski definition) is 1. The zero-order chi connectivity index (χ0) is 15.4. The van der Waals surface area contributed by atoms with Gasteiger partial charge in [-0.2, -0.15) is 4.98 Å². The number of benzene rings is 1. The van der Waals surface area contributed by atoms with Crippen LogP contribution < -0.4 is 5.32 Å². The first-order valence-electron chi connectivity index (χ1n) is 7.08. The summed E-state index contributed by atoms with van der Waals surface area (Å²) in [5.74, 6) is 1.33. The van der Waals surface area contributed by atoms with Gasteiger partial charge < -0.3 is 9.84 Å². The number of nitrogens with one attached hydrogen (secondary N) is 1. The molecule has 8 heteroatoms. The van der Waals surface area contributed by atoms with Gasteiger partial charge in [0.2, 0.25) is 5.89 Å². The topological polar surface area (TPSA) is 94.6 Å². The van der Waals surface area contributed by atoms with Gasteiger partial charge in [0.1, 0.15) is 6.33 Å². The second-order valence-corrected chi connectivity index (χ2v) is 5.01. The van der Waals surface area contributed by atoms with E-state index in [9.17, 15) is 0 Å². The first kappa shape index (κ1) is 14.3. The summed E-state index contributed by atoms with van der Waals surface area (Å²) in [5, 5.41) is 18.3. The van der Waals surface area contributed by atoms with Crippen molar-refractivity contribution in [3.05, 3.63) is 47.9 Å². The third-order valence-electron chi connectivity index (χ3n) is 3.37. The second-order valence-electron chi connectivity index (χ2n) is 5.01. The molecule has 0 amide bonds. The van der Waals surface area contributed by atoms with Crippen molar-refractivity contribution in [3.8, 4) is 5.69 Å². The molecule has 1 N–H and O–H groups in total. The van der Waals surface area contributed by atoms with Crippen LogP contribution in [0.2, 0.25) is 0 Å². The Labute approximate surface area is 127 Å². The SMILES string of the molecule is Cc1noc(CCN[C@H](C)c2ccc(-n3cnnn3)cc2)n1. The Morgan fingerprint density at radius 2 is 2.09 bits per heavy atom. The lowest BCUT2D eigenvalue weighted by molar-refractivity contribution is 0.370. The predicted octanol–water partition coefficient (Wildman–Crippen LogP) is 1.25. The van der Waals surface area contributed by atoms with Crippen molar-refractivity contribution < 1.29 is 4.52 Å². The summed E-state index contributed by atoms with van der Waals surface area (Å²) in [6.45, 7) is 4.71. The summed E-state index contributed by atoms with van der Waals surface area (Å²) in [6, 6.07) is 8.33. The number of rotatable bonds is 6. The largest absolute Gasteiger partial charge is 0.339 e. The van der Waals surface area contributed by atoms with E-state index in [4.69, 9.17) is 4.52 Å². The Kier molecular flexibility index (Phi) is 4.19. The highest BCUT2D eigenvalue weighted by atomic mass is 16.5. The van der Waals surface area contributed by atoms with Gasteiger partial charge in [-0.3, -0.25) is 0 Å². The fourth-order valence-electron chi connectivity index (χ4n) is 2.15. The van der Waals surface area contributed by atoms with Crippen LogP contribution in [0, 0.1) is 6.92 Å². The van der Waals surface area contributed by atoms with Gasteiger partial charge in [0.05, 0.1) is 5.69 Å². The fraction of sp³-hybridized carbons (Fsp3) is 0.357. The Balaban J connectivity index is 1.54. The van der Waals surface area contributed by atoms with E-state index >= 15 is 0 Å². The first-order valence-corrected chi connectivity index (χ1v) is 7.08. The maximum atomic E-state index is 5.09. The molecule has 0 saturated heterocycles. The van der Waals surface area contributed by atoms with Crippen molar-refractivity contribution in [1.82, 2.24) is 35.7 Å². The van der Waals surface area contributed by atoms with Crippen LogP contribution in [0.4, 0.5) is 0 Å². The molecule has 22 heavy (non-hydrogen) atoms. The van der Waals surface area contributed by atoms with Gasteiger partial charge in [0, 0.05) is 19.0 Å². The second kappa shape index (κ2) is 6.44. The minimum Gasteiger partial charge on any atom is -0.339 e. The van der Waals surface area contributed by atoms with Gasteiger partial charge in [-0.1, -0.05) is 17.3 Å². The predicted molar refractivity (Wildman–Crippen MR) is 78.3 cm³/mol. The van der Waals surface area contributed by atoms with Gasteiger partial charge >= 0.3 is 0 Å². The molecule has 0 aliphatic heterocycles. The Morgan fingerprint density at radius 3 is 2.73 bits per heavy atom. The summed E-state index contributed by atoms with van der Waals surface area (Å²) in [7, 11) is 0. The summed E-state index contributed by atoms with van der Waals surface area (Å²) >= 11 is 0. The van der Waals surface area contributed by atoms with Gasteiger partial charge in [-0.15, -0.1) is 5.10 Å². The van der Waals surface area contributed by atoms with E-state index in [1.807, 2.05) is 19.1 Å². The number of aromatic nitrogens is 6. The van der Waals surface area contributed by atoms with Gasteiger partial charge in [0.15, 0.2) is 5.82 Å². The van der Waals surface area contributed by atoms with Gasteiger partial charge in [-0.05, 0) is 42.0 Å². The maximum Gasteiger partial charge on any atom is 0.227 e. The number of tetrazole rings is 1. The van der Waals surface area contributed by atoms with Crippen LogP contribution in [0.25, 0.3) is 5.69 Å². The fourth-order valence-corrected chi connectivity index (χ4v) is 2.15. The summed E-state index contributed by atoms with van der Waals surface area (Å²) in [6.07, 6.45) is 2.29. The van der Waals surface area contributed by atoms with Crippen LogP contribution >= 0.6 is 0 Å². The zero-order valence-electron chi connectivity index (χ0n) is 12.5. The van der Waals surface area contributed by atoms with E-state index < -0.39 is 0 Å². The van der Waals surface area contributed by atoms with Crippen molar-refractivity contribution in [2.75, 3.05) is 6.54 Å². The highest BCUT2D eigenvalue weighted by molar-refractivity contribution is 5.34. The zero-order valence-corrected chi connectivity index (χ0v) is 12.5. The Morgan fingerprint density at radius 1 is 1.27 bits per heavy atom. The number of hydrogen-bond acceptors (Lipinski definition) is 7. The molecule has 1 aromatic carbocycles. The highest BCUT2D eigenvalue weighted by Gasteiger charge is 2.07. The lowest BCUT2D eigenvalue weighted by Gasteiger charge is -2.14. The molecular formula is C14H17N7O. The summed E-state index contributed by atoms with van der Waals surface area (Å²) < 4.78 is 6.71. The molecule has 0 spiro atoms. The lowest BCUT2D eigenvalue weighted by atomic mass is 10.1. The Hall–Kier alpha value is -2.61. The molecule has 114 valence electrons. The smallest absolute Gasteiger partial charge is 0.227 e. The maximum absolute atomic E-state index is 5.09. The van der Waals surface area contributed by atoms with Crippen LogP contribution in [-0.4, -0.2) is 36.9 Å². The number of nitrogens with zero attached hydrogens (tertiary/aromatic N) is 6. The summed E-state index contributed by atoms with van der Waals surface area (Å²) in [5.41, 5.74) is 2.13. The first-order chi connectivity index (χ1) is 10.7. The molecule has 0 bridgehead atoms. The third-order valence-corrected chi connectivity index (χ3v) is 3.37. The van der Waals surface area contributed by atoms with E-state index in [0.717, 1.165) is 12.2 Å². The monoisotopic (exact) mass is 299 g/mol. The average Bonchev–Trinajstić information content (AvgIpc) is 3.19. The molecular weight excluding hydrogens is 282 g/mol. The molecule has 0 aliphatic carbocycles. The molecule has 0 aliphatic rings. The van der Waals surface area contributed by atoms with Crippen LogP contribution in [-0.2, 0) is 6.42 Å². The molecule has 0 unspecified atom stereocenters. The van der Waals surface area contributed by atoms with Crippen molar-refractivity contribution in [3.63, 3.8) is 0 Å². The quantitative estimate of drug-likeness (QED) is 0.731. The van der Waals surface area contributed by atoms with Crippen LogP contribution in [0.3, 0.4) is 0 Å². The van der Waals surface area contributed by atoms with Crippen molar-refractivity contribution >= 4 is 0 Å². The molecule has 2 heterocycles. The van der Waals surface area contributed by atoms with E-state index in [1.165, 1.54) is 5.56 Å². The molecule has 1 atom stereocenters. The molecule has 2 aromatic heterocycles. The third kappa shape index (κ3) is 3.34. The highest BCUT2D eigenvalue weighted by Crippen LogP contribution is 2.15. The van der Waals surface area contributed by atoms with E-state index in [0.29, 0.717) is 18.1 Å². The molecule has 3 aromatic rings. The minimum absolute atomic E-state index is 0.229. The normalized spacial score (nSPS) is 12.5. The van der Waals surface area contributed by atoms with Crippen LogP contribution in [0.1, 0.15) is 30.2 Å². The lowest BCUT2D eigenvalue weighted by Crippen LogP contribution is -2.21. The van der Waals surface area contributed by atoms with Crippen LogP contribution in [0.15, 0.2) is 35.1 Å². The molecule has 0 fully saturated rings. The molecule has 0 radical (unpaired) electrons. The van der Waals surface area contributed by atoms with Crippen LogP contribution in [0.5, 0.6) is 0 Å². The number of aryl methyl sites for hydroxylation is 1. The molecule has 8 nitrogen and oxygen atoms in total. The van der Waals surface area contributed by atoms with E-state index in [1.54, 1.807) is 11.0 Å². The van der Waals surface area contributed by atoms with Crippen molar-refractivity contribution in [2.24, 2.45) is 0 Å². The summed E-state index contributed by atoms with van der Waals surface area (Å²) in [4.78, 5) is 4.18. The minimum atomic E-state index is 0.229. The average molecular weight is 299 g/mol. The molecule has 3 rings (SSSR count). The Bertz CT molecular complexity index is 705. The van der Waals surface area contributed by atoms with Gasteiger partial charge in [-0.25, -0.2) is 4.68 Å². The van der Waals surface area contributed by atoms with Crippen molar-refractivity contribution in [2.45, 2.75) is 26.3 Å². The standard InChI is InChI=1S/C14H17N7O/c1-10(15-8-7-14-17-11(2)18-22-14)12-3-5-13(6-4-12)21-9-16-19-20-21/h3-6,9-10,15H,7-8H2,1-2H3/t10-/m1/s1.